The van der Waals surface area contributed by atoms with Crippen LogP contribution in [0.1, 0.15) is 16.8 Å². The number of alkyl halides is 2. The Kier molecular flexibility index (Phi) is 2.69. The van der Waals surface area contributed by atoms with Crippen LogP contribution < -0.4 is 0 Å². The van der Waals surface area contributed by atoms with Gasteiger partial charge in [0.05, 0.1) is 0 Å². The average Bonchev–Trinajstić information content (AvgIpc) is 2.29. The van der Waals surface area contributed by atoms with Gasteiger partial charge in [0.2, 0.25) is 0 Å². The molecule has 0 fully saturated rings. The van der Waals surface area contributed by atoms with Gasteiger partial charge in [-0.1, -0.05) is 36.4 Å². The van der Waals surface area contributed by atoms with E-state index < -0.39 is 12.3 Å². The van der Waals surface area contributed by atoms with Crippen LogP contribution in [-0.4, -0.2) is 11.7 Å². The lowest BCUT2D eigenvalue weighted by molar-refractivity contribution is 0.0570. The Labute approximate surface area is 92.1 Å². The van der Waals surface area contributed by atoms with Gasteiger partial charge in [-0.2, -0.15) is 0 Å². The van der Waals surface area contributed by atoms with E-state index >= 15 is 0 Å². The van der Waals surface area contributed by atoms with Gasteiger partial charge in [-0.3, -0.25) is 4.79 Å². The molecule has 0 radical (unpaired) electrons. The van der Waals surface area contributed by atoms with E-state index in [1.165, 1.54) is 12.2 Å². The zero-order chi connectivity index (χ0) is 11.6. The maximum Gasteiger partial charge on any atom is 0.270 e. The smallest absolute Gasteiger partial charge is 0.270 e. The van der Waals surface area contributed by atoms with E-state index in [2.05, 4.69) is 0 Å². The summed E-state index contributed by atoms with van der Waals surface area (Å²) in [5, 5.41) is 0. The molecular formula is C13H10F2O. The summed E-state index contributed by atoms with van der Waals surface area (Å²) in [6.07, 6.45) is 2.86. The first-order valence-electron chi connectivity index (χ1n) is 4.95. The molecule has 1 nitrogen and oxygen atoms in total. The summed E-state index contributed by atoms with van der Waals surface area (Å²) in [5.74, 6) is -3.03. The van der Waals surface area contributed by atoms with Crippen molar-refractivity contribution in [2.24, 2.45) is 0 Å². The number of Topliss-reactive ketones (excluding diaryl/α,β-unsaturated/α-hetero) is 1. The molecule has 82 valence electrons. The molecule has 0 saturated carbocycles. The van der Waals surface area contributed by atoms with Crippen molar-refractivity contribution in [1.82, 2.24) is 0 Å². The van der Waals surface area contributed by atoms with Crippen LogP contribution in [0, 0.1) is 0 Å². The van der Waals surface area contributed by atoms with Crippen LogP contribution in [0.5, 0.6) is 0 Å². The summed E-state index contributed by atoms with van der Waals surface area (Å²) in [7, 11) is 0. The summed E-state index contributed by atoms with van der Waals surface area (Å²) in [6, 6.07) is 8.63. The Morgan fingerprint density at radius 2 is 1.88 bits per heavy atom. The van der Waals surface area contributed by atoms with Crippen LogP contribution in [0.25, 0.3) is 0 Å². The third-order valence-corrected chi connectivity index (χ3v) is 2.40. The third-order valence-electron chi connectivity index (χ3n) is 2.40. The quantitative estimate of drug-likeness (QED) is 0.698. The Hall–Kier alpha value is -1.77. The van der Waals surface area contributed by atoms with E-state index in [1.807, 2.05) is 0 Å². The highest BCUT2D eigenvalue weighted by atomic mass is 19.3. The van der Waals surface area contributed by atoms with E-state index in [4.69, 9.17) is 0 Å². The number of allylic oxidation sites excluding steroid dienone is 4. The van der Waals surface area contributed by atoms with Gasteiger partial charge in [0, 0.05) is 17.6 Å². The number of halogens is 2. The first-order chi connectivity index (χ1) is 7.58. The zero-order valence-corrected chi connectivity index (χ0v) is 8.49. The fourth-order valence-corrected chi connectivity index (χ4v) is 1.52. The Morgan fingerprint density at radius 3 is 2.44 bits per heavy atom. The number of ketones is 1. The van der Waals surface area contributed by atoms with Gasteiger partial charge in [0.1, 0.15) is 0 Å². The minimum Gasteiger partial charge on any atom is -0.289 e. The first kappa shape index (κ1) is 10.7. The molecule has 1 aliphatic rings. The van der Waals surface area contributed by atoms with Crippen molar-refractivity contribution < 1.29 is 13.6 Å². The van der Waals surface area contributed by atoms with Crippen LogP contribution in [0.15, 0.2) is 54.1 Å². The van der Waals surface area contributed by atoms with E-state index in [0.29, 0.717) is 11.1 Å². The molecule has 0 bridgehead atoms. The molecule has 0 aliphatic heterocycles. The molecule has 0 N–H and O–H groups in total. The van der Waals surface area contributed by atoms with Crippen molar-refractivity contribution in [2.45, 2.75) is 12.3 Å². The van der Waals surface area contributed by atoms with Crippen LogP contribution in [0.2, 0.25) is 0 Å². The molecule has 0 unspecified atom stereocenters. The molecule has 3 heteroatoms. The van der Waals surface area contributed by atoms with Gasteiger partial charge in [0.15, 0.2) is 5.78 Å². The number of carbonyl (C=O) groups is 1. The van der Waals surface area contributed by atoms with Crippen LogP contribution >= 0.6 is 0 Å². The molecule has 0 aromatic heterocycles. The van der Waals surface area contributed by atoms with Crippen molar-refractivity contribution >= 4 is 5.78 Å². The SMILES string of the molecule is O=C(C1=CCC(F)(F)C=C1)c1ccccc1. The Morgan fingerprint density at radius 1 is 1.19 bits per heavy atom. The molecule has 1 aliphatic carbocycles. The maximum absolute atomic E-state index is 12.8. The second kappa shape index (κ2) is 4.00. The topological polar surface area (TPSA) is 17.1 Å². The number of carbonyl (C=O) groups excluding carboxylic acids is 1. The molecule has 2 rings (SSSR count). The Bertz CT molecular complexity index is 458. The highest BCUT2D eigenvalue weighted by molar-refractivity contribution is 6.10. The van der Waals surface area contributed by atoms with Crippen molar-refractivity contribution in [2.75, 3.05) is 0 Å². The van der Waals surface area contributed by atoms with Crippen molar-refractivity contribution in [1.29, 1.82) is 0 Å². The van der Waals surface area contributed by atoms with E-state index in [-0.39, 0.29) is 5.78 Å². The zero-order valence-electron chi connectivity index (χ0n) is 8.49. The molecule has 1 aromatic rings. The molecule has 1 aromatic carbocycles. The van der Waals surface area contributed by atoms with E-state index in [1.54, 1.807) is 30.3 Å². The third kappa shape index (κ3) is 2.24. The molecule has 0 heterocycles. The number of rotatable bonds is 2. The number of hydrogen-bond donors (Lipinski definition) is 0. The fraction of sp³-hybridized carbons (Fsp3) is 0.154. The lowest BCUT2D eigenvalue weighted by atomic mass is 9.97. The highest BCUT2D eigenvalue weighted by Gasteiger charge is 2.27. The number of hydrogen-bond acceptors (Lipinski definition) is 1. The molecule has 16 heavy (non-hydrogen) atoms. The summed E-state index contributed by atoms with van der Waals surface area (Å²) < 4.78 is 25.6. The monoisotopic (exact) mass is 220 g/mol. The van der Waals surface area contributed by atoms with Gasteiger partial charge in [-0.25, -0.2) is 8.78 Å². The molecule has 0 saturated heterocycles. The minimum atomic E-state index is -2.82. The van der Waals surface area contributed by atoms with E-state index in [9.17, 15) is 13.6 Å². The molecule has 0 spiro atoms. The predicted octanol–water partition coefficient (Wildman–Crippen LogP) is 3.39. The van der Waals surface area contributed by atoms with E-state index in [0.717, 1.165) is 6.08 Å². The van der Waals surface area contributed by atoms with Crippen molar-refractivity contribution in [3.63, 3.8) is 0 Å². The van der Waals surface area contributed by atoms with Gasteiger partial charge in [0.25, 0.3) is 5.92 Å². The summed E-state index contributed by atoms with van der Waals surface area (Å²) in [6.45, 7) is 0. The minimum absolute atomic E-state index is 0.215. The highest BCUT2D eigenvalue weighted by Crippen LogP contribution is 2.27. The molecular weight excluding hydrogens is 210 g/mol. The standard InChI is InChI=1S/C13H10F2O/c14-13(15)8-6-11(7-9-13)12(16)10-4-2-1-3-5-10/h1-8H,9H2. The second-order valence-electron chi connectivity index (χ2n) is 3.65. The van der Waals surface area contributed by atoms with Crippen LogP contribution in [0.3, 0.4) is 0 Å². The lowest BCUT2D eigenvalue weighted by Crippen LogP contribution is -2.15. The first-order valence-corrected chi connectivity index (χ1v) is 4.95. The van der Waals surface area contributed by atoms with Gasteiger partial charge in [-0.05, 0) is 12.2 Å². The summed E-state index contributed by atoms with van der Waals surface area (Å²) >= 11 is 0. The van der Waals surface area contributed by atoms with Gasteiger partial charge >= 0.3 is 0 Å². The predicted molar refractivity (Wildman–Crippen MR) is 57.6 cm³/mol. The summed E-state index contributed by atoms with van der Waals surface area (Å²) in [5.41, 5.74) is 0.848. The second-order valence-corrected chi connectivity index (χ2v) is 3.65. The normalized spacial score (nSPS) is 18.0. The number of benzene rings is 1. The van der Waals surface area contributed by atoms with Crippen molar-refractivity contribution in [3.05, 3.63) is 59.7 Å². The maximum atomic E-state index is 12.8. The fourth-order valence-electron chi connectivity index (χ4n) is 1.52. The van der Waals surface area contributed by atoms with Crippen LogP contribution in [0.4, 0.5) is 8.78 Å². The lowest BCUT2D eigenvalue weighted by Gasteiger charge is -2.14. The van der Waals surface area contributed by atoms with Gasteiger partial charge < -0.3 is 0 Å². The Balaban J connectivity index is 2.20. The van der Waals surface area contributed by atoms with Gasteiger partial charge in [-0.15, -0.1) is 0 Å². The van der Waals surface area contributed by atoms with Crippen molar-refractivity contribution in [3.8, 4) is 0 Å². The largest absolute Gasteiger partial charge is 0.289 e. The van der Waals surface area contributed by atoms with Crippen LogP contribution in [-0.2, 0) is 0 Å². The average molecular weight is 220 g/mol. The molecule has 0 amide bonds. The molecule has 0 atom stereocenters. The summed E-state index contributed by atoms with van der Waals surface area (Å²) in [4.78, 5) is 11.8.